The molecule has 5 heteroatoms. The second kappa shape index (κ2) is 8.30. The Labute approximate surface area is 165 Å². The molecule has 1 atom stereocenters. The molecule has 5 nitrogen and oxygen atoms in total. The fourth-order valence-electron chi connectivity index (χ4n) is 3.50. The number of benzene rings is 2. The third kappa shape index (κ3) is 3.79. The van der Waals surface area contributed by atoms with Gasteiger partial charge in [-0.1, -0.05) is 55.5 Å². The van der Waals surface area contributed by atoms with Crippen LogP contribution in [0.3, 0.4) is 0 Å². The van der Waals surface area contributed by atoms with Gasteiger partial charge < -0.3 is 10.7 Å². The van der Waals surface area contributed by atoms with Crippen molar-refractivity contribution in [1.82, 2.24) is 9.99 Å². The third-order valence-corrected chi connectivity index (χ3v) is 4.86. The van der Waals surface area contributed by atoms with Crippen molar-refractivity contribution >= 4 is 16.7 Å². The highest BCUT2D eigenvalue weighted by Gasteiger charge is 2.22. The topological polar surface area (TPSA) is 63.1 Å². The maximum atomic E-state index is 13.3. The number of carbonyl (C=O) groups is 1. The van der Waals surface area contributed by atoms with Gasteiger partial charge in [0.15, 0.2) is 0 Å². The molecule has 1 amide bonds. The molecule has 0 saturated carbocycles. The third-order valence-electron chi connectivity index (χ3n) is 4.86. The molecular formula is C23H27N3O2. The first-order valence-electron chi connectivity index (χ1n) is 9.70. The van der Waals surface area contributed by atoms with Crippen LogP contribution in [-0.2, 0) is 0 Å². The summed E-state index contributed by atoms with van der Waals surface area (Å²) in [6.45, 7) is 7.78. The second-order valence-corrected chi connectivity index (χ2v) is 7.28. The molecule has 0 radical (unpaired) electrons. The van der Waals surface area contributed by atoms with Crippen molar-refractivity contribution in [3.05, 3.63) is 81.8 Å². The maximum Gasteiger partial charge on any atom is 0.276 e. The van der Waals surface area contributed by atoms with Crippen molar-refractivity contribution in [2.45, 2.75) is 46.2 Å². The van der Waals surface area contributed by atoms with Crippen LogP contribution < -0.4 is 16.3 Å². The summed E-state index contributed by atoms with van der Waals surface area (Å²) in [6, 6.07) is 17.2. The van der Waals surface area contributed by atoms with Gasteiger partial charge in [-0.05, 0) is 38.8 Å². The molecule has 2 aromatic carbocycles. The highest BCUT2D eigenvalue weighted by molar-refractivity contribution is 6.07. The van der Waals surface area contributed by atoms with Crippen LogP contribution in [0, 0.1) is 6.92 Å². The zero-order valence-electron chi connectivity index (χ0n) is 16.8. The zero-order chi connectivity index (χ0) is 20.3. The first kappa shape index (κ1) is 19.7. The lowest BCUT2D eigenvalue weighted by molar-refractivity contribution is 0.0936. The van der Waals surface area contributed by atoms with Gasteiger partial charge in [-0.3, -0.25) is 9.59 Å². The predicted octanol–water partition coefficient (Wildman–Crippen LogP) is 4.14. The normalized spacial score (nSPS) is 12.2. The van der Waals surface area contributed by atoms with Crippen LogP contribution in [0.1, 0.15) is 54.8 Å². The Bertz CT molecular complexity index is 1040. The first-order valence-corrected chi connectivity index (χ1v) is 9.70. The number of nitrogens with one attached hydrogen (secondary N) is 2. The molecule has 0 saturated heterocycles. The molecule has 0 unspecified atom stereocenters. The Hall–Kier alpha value is -3.08. The van der Waals surface area contributed by atoms with Crippen molar-refractivity contribution in [3.8, 4) is 0 Å². The summed E-state index contributed by atoms with van der Waals surface area (Å²) in [5.41, 5.74) is 5.21. The van der Waals surface area contributed by atoms with Crippen LogP contribution in [0.5, 0.6) is 0 Å². The van der Waals surface area contributed by atoms with E-state index in [0.717, 1.165) is 12.0 Å². The number of rotatable bonds is 6. The van der Waals surface area contributed by atoms with Crippen LogP contribution >= 0.6 is 0 Å². The van der Waals surface area contributed by atoms with E-state index < -0.39 is 0 Å². The molecular weight excluding hydrogens is 350 g/mol. The van der Waals surface area contributed by atoms with Crippen LogP contribution in [0.15, 0.2) is 59.4 Å². The van der Waals surface area contributed by atoms with Crippen molar-refractivity contribution in [3.63, 3.8) is 0 Å². The van der Waals surface area contributed by atoms with Gasteiger partial charge in [0.05, 0.1) is 17.3 Å². The smallest absolute Gasteiger partial charge is 0.276 e. The summed E-state index contributed by atoms with van der Waals surface area (Å²) in [6.07, 6.45) is 0.774. The summed E-state index contributed by atoms with van der Waals surface area (Å²) in [5, 5.41) is 4.35. The van der Waals surface area contributed by atoms with Crippen LogP contribution in [0.25, 0.3) is 10.8 Å². The number of carbonyl (C=O) groups excluding carboxylic acids is 1. The molecule has 146 valence electrons. The van der Waals surface area contributed by atoms with Crippen LogP contribution in [-0.4, -0.2) is 16.6 Å². The minimum absolute atomic E-state index is 0.0567. The predicted molar refractivity (Wildman–Crippen MR) is 114 cm³/mol. The van der Waals surface area contributed by atoms with E-state index in [-0.39, 0.29) is 23.6 Å². The fourth-order valence-corrected chi connectivity index (χ4v) is 3.50. The van der Waals surface area contributed by atoms with E-state index in [2.05, 4.69) is 10.7 Å². The second-order valence-electron chi connectivity index (χ2n) is 7.28. The average molecular weight is 377 g/mol. The SMILES string of the molecule is CC[C@H](NC(=O)c1c(C)n(NC(C)C)c(=O)c2ccccc12)c1ccccc1. The first-order chi connectivity index (χ1) is 13.4. The highest BCUT2D eigenvalue weighted by Crippen LogP contribution is 2.22. The van der Waals surface area contributed by atoms with E-state index >= 15 is 0 Å². The van der Waals surface area contributed by atoms with Gasteiger partial charge in [-0.2, -0.15) is 0 Å². The molecule has 0 aliphatic heterocycles. The van der Waals surface area contributed by atoms with Gasteiger partial charge in [0, 0.05) is 16.8 Å². The van der Waals surface area contributed by atoms with E-state index in [1.807, 2.05) is 76.2 Å². The van der Waals surface area contributed by atoms with Crippen molar-refractivity contribution in [2.24, 2.45) is 0 Å². The van der Waals surface area contributed by atoms with E-state index in [4.69, 9.17) is 0 Å². The van der Waals surface area contributed by atoms with E-state index in [1.165, 1.54) is 4.68 Å². The van der Waals surface area contributed by atoms with Gasteiger partial charge >= 0.3 is 0 Å². The number of fused-ring (bicyclic) bond motifs is 1. The Morgan fingerprint density at radius 3 is 2.21 bits per heavy atom. The van der Waals surface area contributed by atoms with Crippen molar-refractivity contribution < 1.29 is 4.79 Å². The lowest BCUT2D eigenvalue weighted by atomic mass is 10.0. The quantitative estimate of drug-likeness (QED) is 0.678. The average Bonchev–Trinajstić information content (AvgIpc) is 2.70. The Kier molecular flexibility index (Phi) is 5.83. The molecule has 28 heavy (non-hydrogen) atoms. The van der Waals surface area contributed by atoms with Gasteiger partial charge in [0.25, 0.3) is 11.5 Å². The van der Waals surface area contributed by atoms with Gasteiger partial charge in [-0.15, -0.1) is 0 Å². The number of pyridine rings is 1. The number of amides is 1. The molecule has 0 spiro atoms. The molecule has 1 heterocycles. The van der Waals surface area contributed by atoms with Gasteiger partial charge in [-0.25, -0.2) is 4.68 Å². The van der Waals surface area contributed by atoms with Gasteiger partial charge in [0.1, 0.15) is 0 Å². The number of nitrogens with zero attached hydrogens (tertiary/aromatic N) is 1. The summed E-state index contributed by atoms with van der Waals surface area (Å²) in [4.78, 5) is 26.2. The maximum absolute atomic E-state index is 13.3. The number of hydrogen-bond donors (Lipinski definition) is 2. The van der Waals surface area contributed by atoms with Gasteiger partial charge in [0.2, 0.25) is 0 Å². The van der Waals surface area contributed by atoms with E-state index in [1.54, 1.807) is 6.07 Å². The molecule has 3 rings (SSSR count). The lowest BCUT2D eigenvalue weighted by Crippen LogP contribution is -2.38. The molecule has 3 aromatic rings. The molecule has 1 aromatic heterocycles. The summed E-state index contributed by atoms with van der Waals surface area (Å²) in [7, 11) is 0. The fraction of sp³-hybridized carbons (Fsp3) is 0.304. The van der Waals surface area contributed by atoms with Crippen LogP contribution in [0.2, 0.25) is 0 Å². The number of aromatic nitrogens is 1. The molecule has 0 aliphatic rings. The van der Waals surface area contributed by atoms with Crippen LogP contribution in [0.4, 0.5) is 0 Å². The summed E-state index contributed by atoms with van der Waals surface area (Å²) < 4.78 is 1.49. The highest BCUT2D eigenvalue weighted by atomic mass is 16.2. The molecule has 0 fully saturated rings. The molecule has 2 N–H and O–H groups in total. The summed E-state index contributed by atoms with van der Waals surface area (Å²) >= 11 is 0. The Morgan fingerprint density at radius 1 is 1.00 bits per heavy atom. The molecule has 0 aliphatic carbocycles. The minimum atomic E-state index is -0.177. The zero-order valence-corrected chi connectivity index (χ0v) is 16.8. The molecule has 0 bridgehead atoms. The standard InChI is InChI=1S/C23H27N3O2/c1-5-20(17-11-7-6-8-12-17)24-22(27)21-16(4)26(25-15(2)3)23(28)19-14-10-9-13-18(19)21/h6-15,20,25H,5H2,1-4H3,(H,24,27)/t20-/m0/s1. The lowest BCUT2D eigenvalue weighted by Gasteiger charge is -2.22. The summed E-state index contributed by atoms with van der Waals surface area (Å²) in [5.74, 6) is -0.177. The van der Waals surface area contributed by atoms with E-state index in [9.17, 15) is 9.59 Å². The van der Waals surface area contributed by atoms with Crippen molar-refractivity contribution in [2.75, 3.05) is 5.43 Å². The van der Waals surface area contributed by atoms with Crippen molar-refractivity contribution in [1.29, 1.82) is 0 Å². The Morgan fingerprint density at radius 2 is 1.61 bits per heavy atom. The van der Waals surface area contributed by atoms with E-state index in [0.29, 0.717) is 22.0 Å². The minimum Gasteiger partial charge on any atom is -0.345 e. The Balaban J connectivity index is 2.11. The monoisotopic (exact) mass is 377 g/mol. The largest absolute Gasteiger partial charge is 0.345 e. The number of hydrogen-bond acceptors (Lipinski definition) is 3.